The van der Waals surface area contributed by atoms with Crippen LogP contribution < -0.4 is 4.90 Å². The zero-order chi connectivity index (χ0) is 15.8. The van der Waals surface area contributed by atoms with E-state index >= 15 is 0 Å². The van der Waals surface area contributed by atoms with Crippen molar-refractivity contribution in [3.8, 4) is 6.07 Å². The first-order chi connectivity index (χ1) is 11.3. The Balaban J connectivity index is 1.65. The van der Waals surface area contributed by atoms with Gasteiger partial charge in [-0.3, -0.25) is 4.79 Å². The van der Waals surface area contributed by atoms with E-state index in [1.807, 2.05) is 17.0 Å². The Hall–Kier alpha value is -2.19. The van der Waals surface area contributed by atoms with Crippen LogP contribution in [0.25, 0.3) is 0 Å². The monoisotopic (exact) mass is 323 g/mol. The van der Waals surface area contributed by atoms with Crippen LogP contribution in [0.5, 0.6) is 0 Å². The molecule has 1 aliphatic carbocycles. The Morgan fingerprint density at radius 3 is 2.96 bits per heavy atom. The number of anilines is 1. The first-order valence-corrected chi connectivity index (χ1v) is 8.94. The number of nitriles is 1. The molecule has 2 heterocycles. The molecule has 1 amide bonds. The molecule has 1 aromatic carbocycles. The maximum absolute atomic E-state index is 13.0. The highest BCUT2D eigenvalue weighted by Crippen LogP contribution is 2.38. The Bertz CT molecular complexity index is 799. The highest BCUT2D eigenvalue weighted by molar-refractivity contribution is 7.12. The lowest BCUT2D eigenvalue weighted by Crippen LogP contribution is -2.29. The molecule has 0 unspecified atom stereocenters. The molecule has 0 bridgehead atoms. The summed E-state index contributed by atoms with van der Waals surface area (Å²) in [5, 5.41) is 9.01. The van der Waals surface area contributed by atoms with Crippen LogP contribution in [0.3, 0.4) is 0 Å². The van der Waals surface area contributed by atoms with Crippen molar-refractivity contribution in [2.45, 2.75) is 38.0 Å². The number of rotatable bonds is 2. The van der Waals surface area contributed by atoms with Gasteiger partial charge in [0.05, 0.1) is 22.8 Å². The van der Waals surface area contributed by atoms with Crippen LogP contribution in [-0.4, -0.2) is 17.4 Å². The Morgan fingerprint density at radius 2 is 2.17 bits per heavy atom. The highest BCUT2D eigenvalue weighted by atomic mass is 32.1. The average molecular weight is 323 g/mol. The largest absolute Gasteiger partial charge is 0.307 e. The minimum atomic E-state index is 0.0675. The molecule has 5 heteroatoms. The van der Waals surface area contributed by atoms with E-state index in [1.54, 1.807) is 11.6 Å². The van der Waals surface area contributed by atoms with Gasteiger partial charge in [-0.05, 0) is 43.0 Å². The van der Waals surface area contributed by atoms with Crippen molar-refractivity contribution >= 4 is 22.9 Å². The van der Waals surface area contributed by atoms with Crippen molar-refractivity contribution in [2.24, 2.45) is 0 Å². The van der Waals surface area contributed by atoms with E-state index in [1.165, 1.54) is 24.2 Å². The molecule has 1 aliphatic heterocycles. The van der Waals surface area contributed by atoms with Gasteiger partial charge < -0.3 is 4.90 Å². The van der Waals surface area contributed by atoms with Crippen molar-refractivity contribution in [1.82, 2.24) is 4.98 Å². The van der Waals surface area contributed by atoms with Crippen LogP contribution in [0.15, 0.2) is 23.7 Å². The van der Waals surface area contributed by atoms with Crippen LogP contribution in [0.4, 0.5) is 5.69 Å². The average Bonchev–Trinajstić information content (AvgIpc) is 3.31. The molecule has 0 N–H and O–H groups in total. The summed E-state index contributed by atoms with van der Waals surface area (Å²) in [4.78, 5) is 20.2. The predicted octanol–water partition coefficient (Wildman–Crippen LogP) is 3.88. The van der Waals surface area contributed by atoms with Gasteiger partial charge in [-0.1, -0.05) is 12.8 Å². The molecule has 4 nitrogen and oxygen atoms in total. The number of carbonyl (C=O) groups is 1. The number of nitrogens with zero attached hydrogens (tertiary/aromatic N) is 3. The zero-order valence-electron chi connectivity index (χ0n) is 12.8. The summed E-state index contributed by atoms with van der Waals surface area (Å²) in [6.45, 7) is 0.686. The summed E-state index contributed by atoms with van der Waals surface area (Å²) in [6, 6.07) is 7.74. The molecular weight excluding hydrogens is 306 g/mol. The summed E-state index contributed by atoms with van der Waals surface area (Å²) in [5.41, 5.74) is 5.49. The first-order valence-electron chi connectivity index (χ1n) is 8.06. The molecule has 0 atom stereocenters. The second-order valence-electron chi connectivity index (χ2n) is 6.21. The molecular formula is C18H17N3OS. The Labute approximate surface area is 139 Å². The fourth-order valence-electron chi connectivity index (χ4n) is 3.71. The molecule has 23 heavy (non-hydrogen) atoms. The maximum atomic E-state index is 13.0. The molecule has 0 saturated heterocycles. The van der Waals surface area contributed by atoms with E-state index in [4.69, 9.17) is 5.26 Å². The number of hydrogen-bond donors (Lipinski definition) is 0. The van der Waals surface area contributed by atoms with Crippen LogP contribution in [0, 0.1) is 11.3 Å². The highest BCUT2D eigenvalue weighted by Gasteiger charge is 2.31. The summed E-state index contributed by atoms with van der Waals surface area (Å²) >= 11 is 1.46. The normalized spacial score (nSPS) is 17.3. The van der Waals surface area contributed by atoms with Crippen molar-refractivity contribution in [1.29, 1.82) is 5.26 Å². The number of thiazole rings is 1. The first kappa shape index (κ1) is 14.4. The molecule has 0 spiro atoms. The lowest BCUT2D eigenvalue weighted by atomic mass is 10.0. The molecule has 116 valence electrons. The second kappa shape index (κ2) is 5.78. The quantitative estimate of drug-likeness (QED) is 0.843. The van der Waals surface area contributed by atoms with Crippen molar-refractivity contribution in [3.63, 3.8) is 0 Å². The zero-order valence-corrected chi connectivity index (χ0v) is 13.6. The summed E-state index contributed by atoms with van der Waals surface area (Å²) in [7, 11) is 0. The van der Waals surface area contributed by atoms with Gasteiger partial charge in [0.15, 0.2) is 0 Å². The summed E-state index contributed by atoms with van der Waals surface area (Å²) in [6.07, 6.45) is 5.57. The van der Waals surface area contributed by atoms with Gasteiger partial charge in [0, 0.05) is 18.2 Å². The minimum absolute atomic E-state index is 0.0675. The van der Waals surface area contributed by atoms with Gasteiger partial charge in [-0.15, -0.1) is 11.3 Å². The minimum Gasteiger partial charge on any atom is -0.307 e. The number of hydrogen-bond acceptors (Lipinski definition) is 4. The number of aromatic nitrogens is 1. The fourth-order valence-corrected chi connectivity index (χ4v) is 4.53. The molecule has 1 aromatic heterocycles. The van der Waals surface area contributed by atoms with Crippen molar-refractivity contribution in [3.05, 3.63) is 45.4 Å². The Morgan fingerprint density at radius 1 is 1.35 bits per heavy atom. The molecule has 0 radical (unpaired) electrons. The number of fused-ring (bicyclic) bond motifs is 1. The van der Waals surface area contributed by atoms with E-state index in [0.717, 1.165) is 41.1 Å². The van der Waals surface area contributed by atoms with Crippen LogP contribution in [0.1, 0.15) is 58.1 Å². The number of carbonyl (C=O) groups excluding carboxylic acids is 1. The van der Waals surface area contributed by atoms with E-state index in [9.17, 15) is 4.79 Å². The van der Waals surface area contributed by atoms with Gasteiger partial charge >= 0.3 is 0 Å². The molecule has 2 aliphatic rings. The van der Waals surface area contributed by atoms with E-state index in [-0.39, 0.29) is 5.91 Å². The number of amides is 1. The standard InChI is InChI=1S/C18H17N3OS/c19-10-12-5-6-15-14(9-12)7-8-21(15)18(22)17-16(20-11-23-17)13-3-1-2-4-13/h5-6,9,11,13H,1-4,7-8H2. The van der Waals surface area contributed by atoms with Gasteiger partial charge in [-0.25, -0.2) is 4.98 Å². The van der Waals surface area contributed by atoms with Gasteiger partial charge in [-0.2, -0.15) is 5.26 Å². The third-order valence-electron chi connectivity index (χ3n) is 4.88. The van der Waals surface area contributed by atoms with Gasteiger partial charge in [0.25, 0.3) is 5.91 Å². The lowest BCUT2D eigenvalue weighted by molar-refractivity contribution is 0.0991. The third kappa shape index (κ3) is 2.43. The Kier molecular flexibility index (Phi) is 3.62. The smallest absolute Gasteiger partial charge is 0.270 e. The predicted molar refractivity (Wildman–Crippen MR) is 89.9 cm³/mol. The molecule has 1 saturated carbocycles. The molecule has 4 rings (SSSR count). The topological polar surface area (TPSA) is 57.0 Å². The number of benzene rings is 1. The molecule has 1 fully saturated rings. The van der Waals surface area contributed by atoms with E-state index in [0.29, 0.717) is 18.0 Å². The van der Waals surface area contributed by atoms with Crippen molar-refractivity contribution < 1.29 is 4.79 Å². The van der Waals surface area contributed by atoms with Gasteiger partial charge in [0.2, 0.25) is 0 Å². The van der Waals surface area contributed by atoms with Crippen LogP contribution in [-0.2, 0) is 6.42 Å². The maximum Gasteiger partial charge on any atom is 0.270 e. The third-order valence-corrected chi connectivity index (χ3v) is 5.71. The van der Waals surface area contributed by atoms with Crippen molar-refractivity contribution in [2.75, 3.05) is 11.4 Å². The van der Waals surface area contributed by atoms with E-state index in [2.05, 4.69) is 11.1 Å². The van der Waals surface area contributed by atoms with Gasteiger partial charge in [0.1, 0.15) is 4.88 Å². The van der Waals surface area contributed by atoms with Crippen LogP contribution >= 0.6 is 11.3 Å². The molecule has 2 aromatic rings. The van der Waals surface area contributed by atoms with Crippen LogP contribution in [0.2, 0.25) is 0 Å². The summed E-state index contributed by atoms with van der Waals surface area (Å²) in [5.74, 6) is 0.515. The van der Waals surface area contributed by atoms with E-state index < -0.39 is 0 Å². The fraction of sp³-hybridized carbons (Fsp3) is 0.389. The summed E-state index contributed by atoms with van der Waals surface area (Å²) < 4.78 is 0. The SMILES string of the molecule is N#Cc1ccc2c(c1)CCN2C(=O)c1scnc1C1CCCC1. The second-order valence-corrected chi connectivity index (χ2v) is 7.06. The lowest BCUT2D eigenvalue weighted by Gasteiger charge is -2.18.